The molecule has 154 valence electrons. The van der Waals surface area contributed by atoms with Gasteiger partial charge in [-0.05, 0) is 38.6 Å². The van der Waals surface area contributed by atoms with Crippen molar-refractivity contribution in [3.63, 3.8) is 0 Å². The summed E-state index contributed by atoms with van der Waals surface area (Å²) in [5.41, 5.74) is 1.80. The highest BCUT2D eigenvalue weighted by atomic mass is 19.4. The Morgan fingerprint density at radius 2 is 1.83 bits per heavy atom. The maximum atomic E-state index is 12.9. The van der Waals surface area contributed by atoms with Crippen LogP contribution in [0.5, 0.6) is 0 Å². The molecule has 0 spiro atoms. The van der Waals surface area contributed by atoms with Crippen molar-refractivity contribution in [2.75, 3.05) is 32.1 Å². The Morgan fingerprint density at radius 3 is 2.48 bits per heavy atom. The topological polar surface area (TPSA) is 50.1 Å². The summed E-state index contributed by atoms with van der Waals surface area (Å²) in [4.78, 5) is 8.91. The number of anilines is 1. The number of piperidine rings is 1. The van der Waals surface area contributed by atoms with Gasteiger partial charge in [-0.3, -0.25) is 0 Å². The zero-order valence-corrected chi connectivity index (χ0v) is 16.6. The number of likely N-dealkylation sites (tertiary alicyclic amines) is 1. The normalized spacial score (nSPS) is 18.3. The third kappa shape index (κ3) is 3.66. The van der Waals surface area contributed by atoms with E-state index < -0.39 is 11.7 Å². The van der Waals surface area contributed by atoms with E-state index in [1.807, 2.05) is 18.7 Å². The molecule has 0 unspecified atom stereocenters. The second kappa shape index (κ2) is 7.29. The molecule has 4 rings (SSSR count). The molecule has 1 aromatic carbocycles. The number of hydrogen-bond acceptors (Lipinski definition) is 5. The van der Waals surface area contributed by atoms with Crippen LogP contribution in [-0.2, 0) is 13.2 Å². The molecule has 3 aromatic rings. The number of fused-ring (bicyclic) bond motifs is 1. The van der Waals surface area contributed by atoms with Crippen molar-refractivity contribution in [1.29, 1.82) is 0 Å². The molecule has 0 saturated carbocycles. The summed E-state index contributed by atoms with van der Waals surface area (Å²) in [6.45, 7) is 2.03. The molecule has 0 N–H and O–H groups in total. The van der Waals surface area contributed by atoms with E-state index in [1.54, 1.807) is 6.33 Å². The smallest absolute Gasteiger partial charge is 0.352 e. The molecule has 1 fully saturated rings. The Kier molecular flexibility index (Phi) is 4.94. The molecule has 3 heterocycles. The highest BCUT2D eigenvalue weighted by molar-refractivity contribution is 5.95. The van der Waals surface area contributed by atoms with Crippen LogP contribution in [0.1, 0.15) is 18.4 Å². The van der Waals surface area contributed by atoms with Crippen LogP contribution in [0.15, 0.2) is 30.6 Å². The van der Waals surface area contributed by atoms with Crippen LogP contribution in [-0.4, -0.2) is 57.9 Å². The summed E-state index contributed by atoms with van der Waals surface area (Å²) in [5.74, 6) is 0.732. The van der Waals surface area contributed by atoms with Crippen LogP contribution < -0.4 is 4.90 Å². The summed E-state index contributed by atoms with van der Waals surface area (Å²) in [6, 6.07) is 5.27. The van der Waals surface area contributed by atoms with Gasteiger partial charge in [0, 0.05) is 32.2 Å². The monoisotopic (exact) mass is 404 g/mol. The zero-order chi connectivity index (χ0) is 20.8. The first-order valence-electron chi connectivity index (χ1n) is 9.52. The number of alkyl halides is 3. The largest absolute Gasteiger partial charge is 0.416 e. The molecule has 1 aliphatic heterocycles. The molecule has 0 aliphatic carbocycles. The van der Waals surface area contributed by atoms with Crippen LogP contribution >= 0.6 is 0 Å². The second-order valence-electron chi connectivity index (χ2n) is 7.67. The van der Waals surface area contributed by atoms with E-state index in [1.165, 1.54) is 12.1 Å². The molecule has 2 aromatic heterocycles. The maximum absolute atomic E-state index is 12.9. The first-order valence-corrected chi connectivity index (χ1v) is 9.52. The Morgan fingerprint density at radius 1 is 1.10 bits per heavy atom. The van der Waals surface area contributed by atoms with E-state index in [9.17, 15) is 13.2 Å². The van der Waals surface area contributed by atoms with E-state index in [-0.39, 0.29) is 0 Å². The lowest BCUT2D eigenvalue weighted by Crippen LogP contribution is -2.45. The predicted octanol–water partition coefficient (Wildman–Crippen LogP) is 3.58. The van der Waals surface area contributed by atoms with Crippen molar-refractivity contribution in [2.24, 2.45) is 7.05 Å². The second-order valence-corrected chi connectivity index (χ2v) is 7.67. The van der Waals surface area contributed by atoms with E-state index in [0.717, 1.165) is 49.4 Å². The minimum absolute atomic E-state index is 0.318. The van der Waals surface area contributed by atoms with Gasteiger partial charge in [0.1, 0.15) is 16.7 Å². The summed E-state index contributed by atoms with van der Waals surface area (Å²) in [7, 11) is 6.01. The maximum Gasteiger partial charge on any atom is 0.416 e. The Labute approximate surface area is 167 Å². The molecule has 6 nitrogen and oxygen atoms in total. The average molecular weight is 404 g/mol. The Hall–Kier alpha value is -2.68. The van der Waals surface area contributed by atoms with Crippen molar-refractivity contribution in [3.05, 3.63) is 36.2 Å². The quantitative estimate of drug-likeness (QED) is 0.668. The number of nitrogens with zero attached hydrogens (tertiary/aromatic N) is 6. The van der Waals surface area contributed by atoms with Gasteiger partial charge in [-0.25, -0.2) is 4.98 Å². The van der Waals surface area contributed by atoms with Crippen molar-refractivity contribution >= 4 is 16.9 Å². The Bertz CT molecular complexity index is 1010. The van der Waals surface area contributed by atoms with Crippen LogP contribution in [0.3, 0.4) is 0 Å². The van der Waals surface area contributed by atoms with Crippen molar-refractivity contribution in [2.45, 2.75) is 25.1 Å². The number of rotatable bonds is 3. The van der Waals surface area contributed by atoms with Gasteiger partial charge >= 0.3 is 6.18 Å². The van der Waals surface area contributed by atoms with E-state index in [0.29, 0.717) is 22.8 Å². The van der Waals surface area contributed by atoms with Crippen molar-refractivity contribution < 1.29 is 13.2 Å². The van der Waals surface area contributed by atoms with Crippen LogP contribution in [0.2, 0.25) is 0 Å². The fourth-order valence-electron chi connectivity index (χ4n) is 3.94. The number of benzene rings is 1. The van der Waals surface area contributed by atoms with E-state index in [4.69, 9.17) is 0 Å². The number of imidazole rings is 1. The molecule has 0 bridgehead atoms. The number of likely N-dealkylation sites (N-methyl/N-ethyl adjacent to an activating group) is 2. The minimum atomic E-state index is -4.37. The van der Waals surface area contributed by atoms with Gasteiger partial charge in [0.25, 0.3) is 0 Å². The van der Waals surface area contributed by atoms with Gasteiger partial charge in [-0.15, -0.1) is 10.2 Å². The summed E-state index contributed by atoms with van der Waals surface area (Å²) < 4.78 is 40.5. The van der Waals surface area contributed by atoms with Gasteiger partial charge in [-0.2, -0.15) is 13.2 Å². The van der Waals surface area contributed by atoms with Crippen LogP contribution in [0.25, 0.3) is 22.3 Å². The molecule has 1 atom stereocenters. The summed E-state index contributed by atoms with van der Waals surface area (Å²) in [6.07, 6.45) is -0.490. The average Bonchev–Trinajstić information content (AvgIpc) is 3.08. The van der Waals surface area contributed by atoms with Gasteiger partial charge in [0.15, 0.2) is 5.82 Å². The number of aromatic nitrogens is 4. The highest BCUT2D eigenvalue weighted by Gasteiger charge is 2.30. The van der Waals surface area contributed by atoms with Gasteiger partial charge in [-0.1, -0.05) is 12.1 Å². The number of hydrogen-bond donors (Lipinski definition) is 0. The third-order valence-electron chi connectivity index (χ3n) is 5.58. The fourth-order valence-corrected chi connectivity index (χ4v) is 3.94. The number of halogens is 3. The Balaban J connectivity index is 1.75. The first-order chi connectivity index (χ1) is 13.8. The zero-order valence-electron chi connectivity index (χ0n) is 16.6. The molecule has 0 radical (unpaired) electrons. The van der Waals surface area contributed by atoms with Gasteiger partial charge in [0.05, 0.1) is 11.9 Å². The van der Waals surface area contributed by atoms with Crippen molar-refractivity contribution in [3.8, 4) is 11.3 Å². The van der Waals surface area contributed by atoms with Crippen LogP contribution in [0.4, 0.5) is 19.0 Å². The van der Waals surface area contributed by atoms with Gasteiger partial charge in [0.2, 0.25) is 0 Å². The molecule has 0 amide bonds. The van der Waals surface area contributed by atoms with Crippen LogP contribution in [0, 0.1) is 0 Å². The molecule has 1 aliphatic rings. The SMILES string of the molecule is CN1CCC[C@@H](N(C)c2nnc(-c3ccc(C(F)(F)F)cc3)c3ncn(C)c23)C1. The first kappa shape index (κ1) is 19.6. The lowest BCUT2D eigenvalue weighted by molar-refractivity contribution is -0.137. The molecule has 29 heavy (non-hydrogen) atoms. The molecular formula is C20H23F3N6. The molecule has 1 saturated heterocycles. The third-order valence-corrected chi connectivity index (χ3v) is 5.58. The predicted molar refractivity (Wildman–Crippen MR) is 106 cm³/mol. The van der Waals surface area contributed by atoms with E-state index >= 15 is 0 Å². The number of aryl methyl sites for hydroxylation is 1. The lowest BCUT2D eigenvalue weighted by Gasteiger charge is -2.36. The summed E-state index contributed by atoms with van der Waals surface area (Å²) in [5, 5.41) is 8.82. The lowest BCUT2D eigenvalue weighted by atomic mass is 10.0. The molecular weight excluding hydrogens is 381 g/mol. The summed E-state index contributed by atoms with van der Waals surface area (Å²) >= 11 is 0. The van der Waals surface area contributed by atoms with Gasteiger partial charge < -0.3 is 14.4 Å². The molecule has 9 heteroatoms. The fraction of sp³-hybridized carbons (Fsp3) is 0.450. The van der Waals surface area contributed by atoms with E-state index in [2.05, 4.69) is 32.0 Å². The minimum Gasteiger partial charge on any atom is -0.352 e. The standard InChI is InChI=1S/C20H23F3N6/c1-27-10-4-5-15(11-27)29(3)19-18-17(24-12-28(18)2)16(25-26-19)13-6-8-14(9-7-13)20(21,22)23/h6-9,12,15H,4-5,10-11H2,1-3H3/t15-/m1/s1. The van der Waals surface area contributed by atoms with Crippen molar-refractivity contribution in [1.82, 2.24) is 24.6 Å². The highest BCUT2D eigenvalue weighted by Crippen LogP contribution is 2.34.